The van der Waals surface area contributed by atoms with Crippen LogP contribution in [0.15, 0.2) is 59.5 Å². The van der Waals surface area contributed by atoms with Gasteiger partial charge >= 0.3 is 0 Å². The van der Waals surface area contributed by atoms with Crippen LogP contribution in [0.25, 0.3) is 0 Å². The summed E-state index contributed by atoms with van der Waals surface area (Å²) in [5.41, 5.74) is 2.74. The van der Waals surface area contributed by atoms with Gasteiger partial charge in [-0.25, -0.2) is 0 Å². The summed E-state index contributed by atoms with van der Waals surface area (Å²) in [5, 5.41) is 3.60. The predicted molar refractivity (Wildman–Crippen MR) is 89.5 cm³/mol. The van der Waals surface area contributed by atoms with Crippen molar-refractivity contribution in [2.75, 3.05) is 12.3 Å². The number of hydrogen-bond acceptors (Lipinski definition) is 2. The molecule has 2 heteroatoms. The lowest BCUT2D eigenvalue weighted by atomic mass is 10.1. The van der Waals surface area contributed by atoms with E-state index in [-0.39, 0.29) is 0 Å². The molecule has 2 rings (SSSR count). The van der Waals surface area contributed by atoms with Crippen molar-refractivity contribution in [1.82, 2.24) is 5.32 Å². The van der Waals surface area contributed by atoms with Crippen molar-refractivity contribution in [3.05, 3.63) is 65.7 Å². The third-order valence-corrected chi connectivity index (χ3v) is 4.46. The molecule has 0 aliphatic carbocycles. The highest BCUT2D eigenvalue weighted by Gasteiger charge is 2.09. The average molecular weight is 285 g/mol. The molecule has 0 amide bonds. The first kappa shape index (κ1) is 15.1. The van der Waals surface area contributed by atoms with Crippen LogP contribution < -0.4 is 5.32 Å². The highest BCUT2D eigenvalue weighted by atomic mass is 32.2. The summed E-state index contributed by atoms with van der Waals surface area (Å²) in [6.45, 7) is 5.33. The molecule has 106 valence electrons. The van der Waals surface area contributed by atoms with Gasteiger partial charge < -0.3 is 5.32 Å². The normalized spacial score (nSPS) is 12.3. The van der Waals surface area contributed by atoms with E-state index in [0.717, 1.165) is 18.7 Å². The Bertz CT molecular complexity index is 493. The summed E-state index contributed by atoms with van der Waals surface area (Å²) in [4.78, 5) is 1.35. The Kier molecular flexibility index (Phi) is 6.16. The summed E-state index contributed by atoms with van der Waals surface area (Å²) in [7, 11) is 0. The van der Waals surface area contributed by atoms with E-state index < -0.39 is 0 Å². The molecule has 1 atom stereocenters. The van der Waals surface area contributed by atoms with Gasteiger partial charge in [0.15, 0.2) is 0 Å². The lowest BCUT2D eigenvalue weighted by molar-refractivity contribution is 0.572. The fraction of sp³-hybridized carbons (Fsp3) is 0.333. The van der Waals surface area contributed by atoms with Crippen molar-refractivity contribution >= 4 is 11.8 Å². The van der Waals surface area contributed by atoms with Gasteiger partial charge in [-0.2, -0.15) is 0 Å². The van der Waals surface area contributed by atoms with Crippen LogP contribution in [0.4, 0.5) is 0 Å². The van der Waals surface area contributed by atoms with Gasteiger partial charge in [-0.3, -0.25) is 0 Å². The van der Waals surface area contributed by atoms with Crippen LogP contribution in [0.1, 0.15) is 18.1 Å². The molecule has 0 aliphatic rings. The first-order chi connectivity index (χ1) is 9.78. The first-order valence-corrected chi connectivity index (χ1v) is 8.23. The number of benzene rings is 2. The molecule has 0 aliphatic heterocycles. The van der Waals surface area contributed by atoms with Crippen LogP contribution in [0.3, 0.4) is 0 Å². The Balaban J connectivity index is 1.91. The number of hydrogen-bond donors (Lipinski definition) is 1. The van der Waals surface area contributed by atoms with Gasteiger partial charge in [0.25, 0.3) is 0 Å². The maximum Gasteiger partial charge on any atom is 0.0201 e. The van der Waals surface area contributed by atoms with E-state index in [2.05, 4.69) is 73.8 Å². The molecule has 20 heavy (non-hydrogen) atoms. The van der Waals surface area contributed by atoms with Crippen molar-refractivity contribution in [2.24, 2.45) is 0 Å². The Morgan fingerprint density at radius 3 is 2.35 bits per heavy atom. The molecule has 0 aromatic heterocycles. The van der Waals surface area contributed by atoms with E-state index in [1.165, 1.54) is 16.0 Å². The molecule has 0 radical (unpaired) electrons. The molecular formula is C18H23NS. The van der Waals surface area contributed by atoms with Gasteiger partial charge in [0.2, 0.25) is 0 Å². The molecule has 2 aromatic rings. The highest BCUT2D eigenvalue weighted by molar-refractivity contribution is 7.99. The molecule has 0 saturated carbocycles. The van der Waals surface area contributed by atoms with Crippen molar-refractivity contribution in [1.29, 1.82) is 0 Å². The molecule has 0 fully saturated rings. The van der Waals surface area contributed by atoms with Crippen LogP contribution in [0.2, 0.25) is 0 Å². The number of aryl methyl sites for hydroxylation is 1. The van der Waals surface area contributed by atoms with Gasteiger partial charge in [-0.05, 0) is 37.6 Å². The highest BCUT2D eigenvalue weighted by Crippen LogP contribution is 2.19. The molecule has 0 saturated heterocycles. The van der Waals surface area contributed by atoms with Crippen LogP contribution in [-0.2, 0) is 6.42 Å². The zero-order valence-electron chi connectivity index (χ0n) is 12.3. The molecule has 0 spiro atoms. The second-order valence-electron chi connectivity index (χ2n) is 5.07. The molecule has 1 N–H and O–H groups in total. The number of rotatable bonds is 7. The first-order valence-electron chi connectivity index (χ1n) is 7.24. The summed E-state index contributed by atoms with van der Waals surface area (Å²) < 4.78 is 0. The van der Waals surface area contributed by atoms with Gasteiger partial charge in [-0.1, -0.05) is 55.0 Å². The Labute approximate surface area is 126 Å². The van der Waals surface area contributed by atoms with Crippen molar-refractivity contribution in [3.63, 3.8) is 0 Å². The van der Waals surface area contributed by atoms with E-state index in [1.54, 1.807) is 0 Å². The lowest BCUT2D eigenvalue weighted by Crippen LogP contribution is -2.33. The zero-order chi connectivity index (χ0) is 14.2. The van der Waals surface area contributed by atoms with Gasteiger partial charge in [0.05, 0.1) is 0 Å². The molecule has 0 bridgehead atoms. The van der Waals surface area contributed by atoms with E-state index in [9.17, 15) is 0 Å². The van der Waals surface area contributed by atoms with Gasteiger partial charge in [0.1, 0.15) is 0 Å². The quantitative estimate of drug-likeness (QED) is 0.761. The minimum atomic E-state index is 0.521. The minimum absolute atomic E-state index is 0.521. The fourth-order valence-corrected chi connectivity index (χ4v) is 3.18. The summed E-state index contributed by atoms with van der Waals surface area (Å²) in [6, 6.07) is 20.0. The molecular weight excluding hydrogens is 262 g/mol. The Hall–Kier alpha value is -1.25. The van der Waals surface area contributed by atoms with Crippen molar-refractivity contribution < 1.29 is 0 Å². The maximum atomic E-state index is 3.60. The van der Waals surface area contributed by atoms with E-state index in [1.807, 2.05) is 11.8 Å². The second-order valence-corrected chi connectivity index (χ2v) is 6.16. The Morgan fingerprint density at radius 2 is 1.70 bits per heavy atom. The molecule has 1 nitrogen and oxygen atoms in total. The van der Waals surface area contributed by atoms with Crippen LogP contribution in [-0.4, -0.2) is 18.3 Å². The lowest BCUT2D eigenvalue weighted by Gasteiger charge is -2.17. The van der Waals surface area contributed by atoms with Gasteiger partial charge in [0, 0.05) is 16.7 Å². The monoisotopic (exact) mass is 285 g/mol. The van der Waals surface area contributed by atoms with Crippen molar-refractivity contribution in [2.45, 2.75) is 31.2 Å². The minimum Gasteiger partial charge on any atom is -0.313 e. The fourth-order valence-electron chi connectivity index (χ4n) is 2.20. The number of likely N-dealkylation sites (N-methyl/N-ethyl adjacent to an activating group) is 1. The van der Waals surface area contributed by atoms with Crippen LogP contribution in [0.5, 0.6) is 0 Å². The Morgan fingerprint density at radius 1 is 1.00 bits per heavy atom. The average Bonchev–Trinajstić information content (AvgIpc) is 2.48. The molecule has 0 heterocycles. The largest absolute Gasteiger partial charge is 0.313 e. The third-order valence-electron chi connectivity index (χ3n) is 3.29. The molecule has 2 aromatic carbocycles. The predicted octanol–water partition coefficient (Wildman–Crippen LogP) is 4.31. The molecule has 1 unspecified atom stereocenters. The van der Waals surface area contributed by atoms with Crippen LogP contribution >= 0.6 is 11.8 Å². The number of nitrogens with one attached hydrogen (secondary N) is 1. The maximum absolute atomic E-state index is 3.60. The summed E-state index contributed by atoms with van der Waals surface area (Å²) in [5.74, 6) is 1.10. The zero-order valence-corrected chi connectivity index (χ0v) is 13.1. The summed E-state index contributed by atoms with van der Waals surface area (Å²) in [6.07, 6.45) is 1.09. The third kappa shape index (κ3) is 5.03. The van der Waals surface area contributed by atoms with E-state index in [4.69, 9.17) is 0 Å². The van der Waals surface area contributed by atoms with Crippen molar-refractivity contribution in [3.8, 4) is 0 Å². The standard InChI is InChI=1S/C18H23NS/c1-3-19-17(13-16-11-9-15(2)10-12-16)14-20-18-7-5-4-6-8-18/h4-12,17,19H,3,13-14H2,1-2H3. The van der Waals surface area contributed by atoms with E-state index >= 15 is 0 Å². The van der Waals surface area contributed by atoms with E-state index in [0.29, 0.717) is 6.04 Å². The topological polar surface area (TPSA) is 12.0 Å². The SMILES string of the molecule is CCNC(CSc1ccccc1)Cc1ccc(C)cc1. The second kappa shape index (κ2) is 8.13. The summed E-state index contributed by atoms with van der Waals surface area (Å²) >= 11 is 1.93. The smallest absolute Gasteiger partial charge is 0.0201 e. The van der Waals surface area contributed by atoms with Crippen LogP contribution in [0, 0.1) is 6.92 Å². The van der Waals surface area contributed by atoms with Gasteiger partial charge in [-0.15, -0.1) is 11.8 Å². The number of thioether (sulfide) groups is 1.